The zero-order valence-corrected chi connectivity index (χ0v) is 21.5. The molecule has 0 spiro atoms. The first-order valence-electron chi connectivity index (χ1n) is 11.7. The fourth-order valence-corrected chi connectivity index (χ4v) is 4.15. The molecular formula is C26H36O9. The second kappa shape index (κ2) is 12.2. The van der Waals surface area contributed by atoms with Crippen LogP contribution in [0.5, 0.6) is 0 Å². The Morgan fingerprint density at radius 1 is 1.00 bits per heavy atom. The lowest BCUT2D eigenvalue weighted by Crippen LogP contribution is -2.27. The molecule has 9 heteroatoms. The number of methoxy groups -OCH3 is 2. The van der Waals surface area contributed by atoms with Gasteiger partial charge in [-0.15, -0.1) is 0 Å². The van der Waals surface area contributed by atoms with E-state index >= 15 is 0 Å². The molecule has 1 fully saturated rings. The minimum absolute atomic E-state index is 0.0865. The van der Waals surface area contributed by atoms with Crippen LogP contribution < -0.4 is 0 Å². The maximum atomic E-state index is 12.7. The van der Waals surface area contributed by atoms with E-state index in [9.17, 15) is 19.2 Å². The summed E-state index contributed by atoms with van der Waals surface area (Å²) in [7, 11) is 2.52. The Hall–Kier alpha value is -2.94. The molecule has 0 amide bonds. The van der Waals surface area contributed by atoms with Crippen LogP contribution in [0.25, 0.3) is 0 Å². The summed E-state index contributed by atoms with van der Waals surface area (Å²) < 4.78 is 26.9. The van der Waals surface area contributed by atoms with E-state index in [1.54, 1.807) is 12.2 Å². The molecule has 1 aliphatic carbocycles. The number of allylic oxidation sites excluding steroid dienone is 1. The van der Waals surface area contributed by atoms with E-state index in [0.29, 0.717) is 12.0 Å². The molecule has 1 aliphatic heterocycles. The van der Waals surface area contributed by atoms with Crippen molar-refractivity contribution in [1.29, 1.82) is 0 Å². The van der Waals surface area contributed by atoms with Crippen LogP contribution in [0, 0.1) is 5.92 Å². The van der Waals surface area contributed by atoms with E-state index in [0.717, 1.165) is 5.57 Å². The normalized spacial score (nSPS) is 31.7. The van der Waals surface area contributed by atoms with E-state index in [4.69, 9.17) is 23.7 Å². The molecule has 0 aromatic rings. The van der Waals surface area contributed by atoms with Crippen LogP contribution in [0.3, 0.4) is 0 Å². The zero-order chi connectivity index (χ0) is 26.3. The zero-order valence-electron chi connectivity index (χ0n) is 21.5. The second-order valence-corrected chi connectivity index (χ2v) is 9.27. The van der Waals surface area contributed by atoms with Gasteiger partial charge in [0.05, 0.1) is 25.4 Å². The van der Waals surface area contributed by atoms with Crippen molar-refractivity contribution in [3.05, 3.63) is 34.9 Å². The number of fused-ring (bicyclic) bond motifs is 1. The van der Waals surface area contributed by atoms with Gasteiger partial charge in [0.2, 0.25) is 0 Å². The third-order valence-electron chi connectivity index (χ3n) is 6.08. The molecular weight excluding hydrogens is 456 g/mol. The number of rotatable bonds is 5. The first-order valence-corrected chi connectivity index (χ1v) is 11.7. The summed E-state index contributed by atoms with van der Waals surface area (Å²) in [6.07, 6.45) is 4.39. The summed E-state index contributed by atoms with van der Waals surface area (Å²) in [6.45, 7) is 8.51. The van der Waals surface area contributed by atoms with Gasteiger partial charge >= 0.3 is 23.9 Å². The molecule has 9 nitrogen and oxygen atoms in total. The molecule has 0 radical (unpaired) electrons. The van der Waals surface area contributed by atoms with Gasteiger partial charge < -0.3 is 23.7 Å². The second-order valence-electron chi connectivity index (χ2n) is 9.27. The largest absolute Gasteiger partial charge is 0.466 e. The molecule has 2 aliphatic rings. The lowest BCUT2D eigenvalue weighted by molar-refractivity contribution is -0.147. The van der Waals surface area contributed by atoms with Crippen LogP contribution in [0.15, 0.2) is 34.9 Å². The van der Waals surface area contributed by atoms with Gasteiger partial charge in [-0.1, -0.05) is 31.6 Å². The number of carbonyl (C=O) groups is 4. The Morgan fingerprint density at radius 2 is 1.63 bits per heavy atom. The van der Waals surface area contributed by atoms with Crippen molar-refractivity contribution < 1.29 is 42.9 Å². The van der Waals surface area contributed by atoms with Crippen LogP contribution in [-0.2, 0) is 42.9 Å². The fraction of sp³-hybridized carbons (Fsp3) is 0.615. The van der Waals surface area contributed by atoms with Crippen molar-refractivity contribution in [2.24, 2.45) is 5.92 Å². The third kappa shape index (κ3) is 8.06. The Morgan fingerprint density at radius 3 is 2.17 bits per heavy atom. The smallest absolute Gasteiger partial charge is 0.337 e. The van der Waals surface area contributed by atoms with Crippen molar-refractivity contribution in [2.75, 3.05) is 14.2 Å². The van der Waals surface area contributed by atoms with Gasteiger partial charge in [0, 0.05) is 32.3 Å². The lowest BCUT2D eigenvalue weighted by Gasteiger charge is -2.23. The molecule has 0 bridgehead atoms. The number of esters is 4. The van der Waals surface area contributed by atoms with Crippen molar-refractivity contribution in [3.8, 4) is 0 Å². The number of hydrogen-bond donors (Lipinski definition) is 0. The van der Waals surface area contributed by atoms with Crippen LogP contribution in [-0.4, -0.2) is 62.0 Å². The average Bonchev–Trinajstić information content (AvgIpc) is 3.40. The van der Waals surface area contributed by atoms with Crippen molar-refractivity contribution in [2.45, 2.75) is 84.2 Å². The monoisotopic (exact) mass is 492 g/mol. The molecule has 1 saturated heterocycles. The van der Waals surface area contributed by atoms with Crippen LogP contribution in [0.1, 0.15) is 60.3 Å². The number of epoxide rings is 1. The maximum Gasteiger partial charge on any atom is 0.337 e. The lowest BCUT2D eigenvalue weighted by atomic mass is 9.89. The highest BCUT2D eigenvalue weighted by atomic mass is 16.6. The maximum absolute atomic E-state index is 12.7. The molecule has 0 N–H and O–H groups in total. The van der Waals surface area contributed by atoms with Gasteiger partial charge in [-0.05, 0) is 31.8 Å². The third-order valence-corrected chi connectivity index (χ3v) is 6.08. The van der Waals surface area contributed by atoms with Gasteiger partial charge in [-0.3, -0.25) is 9.59 Å². The topological polar surface area (TPSA) is 118 Å². The molecule has 0 saturated carbocycles. The highest BCUT2D eigenvalue weighted by molar-refractivity contribution is 5.90. The first kappa shape index (κ1) is 28.3. The highest BCUT2D eigenvalue weighted by Crippen LogP contribution is 2.44. The summed E-state index contributed by atoms with van der Waals surface area (Å²) in [5, 5.41) is 0. The predicted octanol–water partition coefficient (Wildman–Crippen LogP) is 3.36. The van der Waals surface area contributed by atoms with Gasteiger partial charge in [0.15, 0.2) is 0 Å². The Labute approximate surface area is 206 Å². The van der Waals surface area contributed by atoms with Gasteiger partial charge in [-0.25, -0.2) is 9.59 Å². The number of carbonyl (C=O) groups excluding carboxylic acids is 4. The van der Waals surface area contributed by atoms with Crippen LogP contribution in [0.2, 0.25) is 0 Å². The molecule has 4 atom stereocenters. The Kier molecular flexibility index (Phi) is 9.82. The summed E-state index contributed by atoms with van der Waals surface area (Å²) in [4.78, 5) is 48.8. The summed E-state index contributed by atoms with van der Waals surface area (Å²) in [6, 6.07) is 0. The quantitative estimate of drug-likeness (QED) is 0.246. The number of hydrogen-bond acceptors (Lipinski definition) is 9. The van der Waals surface area contributed by atoms with Crippen LogP contribution in [0.4, 0.5) is 0 Å². The van der Waals surface area contributed by atoms with E-state index in [1.165, 1.54) is 28.1 Å². The van der Waals surface area contributed by atoms with E-state index in [1.807, 2.05) is 26.8 Å². The minimum Gasteiger partial charge on any atom is -0.466 e. The Balaban J connectivity index is 2.60. The van der Waals surface area contributed by atoms with E-state index in [2.05, 4.69) is 0 Å². The summed E-state index contributed by atoms with van der Waals surface area (Å²) >= 11 is 0. The highest BCUT2D eigenvalue weighted by Gasteiger charge is 2.52. The van der Waals surface area contributed by atoms with Gasteiger partial charge in [-0.2, -0.15) is 0 Å². The minimum atomic E-state index is -0.860. The van der Waals surface area contributed by atoms with Crippen molar-refractivity contribution in [1.82, 2.24) is 0 Å². The SMILES string of the molecule is COC(=O)/C1=C\[C@H](OC(C)=O)C[C@]2(C)O[C@H]2/C=C(/C(C)C)C[C@H](OC(C)=O)/C(C(=O)OC)=C\CC1. The fourth-order valence-electron chi connectivity index (χ4n) is 4.15. The molecule has 2 rings (SSSR count). The Bertz CT molecular complexity index is 927. The number of ether oxygens (including phenoxy) is 5. The van der Waals surface area contributed by atoms with Crippen molar-refractivity contribution in [3.63, 3.8) is 0 Å². The van der Waals surface area contributed by atoms with Gasteiger partial charge in [0.25, 0.3) is 0 Å². The predicted molar refractivity (Wildman–Crippen MR) is 126 cm³/mol. The van der Waals surface area contributed by atoms with Crippen LogP contribution >= 0.6 is 0 Å². The molecule has 0 aromatic carbocycles. The van der Waals surface area contributed by atoms with E-state index < -0.39 is 41.7 Å². The van der Waals surface area contributed by atoms with Gasteiger partial charge in [0.1, 0.15) is 18.3 Å². The summed E-state index contributed by atoms with van der Waals surface area (Å²) in [5.74, 6) is -2.11. The molecule has 1 heterocycles. The molecule has 194 valence electrons. The molecule has 35 heavy (non-hydrogen) atoms. The molecule has 0 aromatic heterocycles. The first-order chi connectivity index (χ1) is 16.4. The average molecular weight is 493 g/mol. The summed E-state index contributed by atoms with van der Waals surface area (Å²) in [5.41, 5.74) is 0.804. The van der Waals surface area contributed by atoms with Crippen molar-refractivity contribution >= 4 is 23.9 Å². The van der Waals surface area contributed by atoms with E-state index in [-0.39, 0.29) is 36.9 Å². The standard InChI is InChI=1S/C26H36O9/c1-15(2)19-12-22(34-17(4)28)21(25(30)32-7)10-8-9-18(24(29)31-6)11-20(33-16(3)27)14-26(5)23(13-19)35-26/h10-11,13,15,20,22-23H,8-9,12,14H2,1-7H3/b18-11-,19-13+,21-10+/t20-,22-,23-,26-/m0/s1. The molecule has 0 unspecified atom stereocenters.